The summed E-state index contributed by atoms with van der Waals surface area (Å²) >= 11 is 1.64. The molecule has 9 heteroatoms. The van der Waals surface area contributed by atoms with E-state index in [0.29, 0.717) is 18.8 Å². The standard InChI is InChI=1S/C18H24N6O2S/c1-10-20-17-13(11-8-18(2,3)26-9-12(11)27-17)15-21-14(22-24(10)15)16(25)19-6-7-23(4)5/h6-9H2,1-5H3,(H,19,25). The fourth-order valence-electron chi connectivity index (χ4n) is 3.31. The first-order valence-corrected chi connectivity index (χ1v) is 9.81. The molecule has 1 aliphatic rings. The normalized spacial score (nSPS) is 16.2. The summed E-state index contributed by atoms with van der Waals surface area (Å²) < 4.78 is 7.62. The fourth-order valence-corrected chi connectivity index (χ4v) is 4.45. The van der Waals surface area contributed by atoms with Gasteiger partial charge in [0.2, 0.25) is 5.82 Å². The average Bonchev–Trinajstić information content (AvgIpc) is 3.15. The average molecular weight is 388 g/mol. The molecule has 1 amide bonds. The van der Waals surface area contributed by atoms with Gasteiger partial charge in [0.1, 0.15) is 10.7 Å². The third-order valence-corrected chi connectivity index (χ3v) is 5.82. The van der Waals surface area contributed by atoms with Crippen molar-refractivity contribution >= 4 is 33.1 Å². The Morgan fingerprint density at radius 1 is 1.37 bits per heavy atom. The highest BCUT2D eigenvalue weighted by Gasteiger charge is 2.31. The Kier molecular flexibility index (Phi) is 4.40. The van der Waals surface area contributed by atoms with Crippen molar-refractivity contribution in [2.75, 3.05) is 27.2 Å². The van der Waals surface area contributed by atoms with E-state index >= 15 is 0 Å². The van der Waals surface area contributed by atoms with Crippen molar-refractivity contribution in [2.24, 2.45) is 0 Å². The van der Waals surface area contributed by atoms with E-state index in [1.807, 2.05) is 25.9 Å². The van der Waals surface area contributed by atoms with Gasteiger partial charge in [-0.25, -0.2) is 9.97 Å². The minimum atomic E-state index is -0.263. The second kappa shape index (κ2) is 6.50. The van der Waals surface area contributed by atoms with E-state index in [0.717, 1.165) is 29.0 Å². The minimum Gasteiger partial charge on any atom is -0.370 e. The maximum absolute atomic E-state index is 12.5. The molecule has 3 aromatic rings. The molecule has 0 saturated carbocycles. The lowest BCUT2D eigenvalue weighted by atomic mass is 9.94. The van der Waals surface area contributed by atoms with Gasteiger partial charge in [0.25, 0.3) is 5.91 Å². The molecule has 4 rings (SSSR count). The summed E-state index contributed by atoms with van der Waals surface area (Å²) in [7, 11) is 3.93. The molecule has 0 bridgehead atoms. The summed E-state index contributed by atoms with van der Waals surface area (Å²) in [6, 6.07) is 0. The fraction of sp³-hybridized carbons (Fsp3) is 0.556. The molecule has 144 valence electrons. The number of rotatable bonds is 4. The second-order valence-corrected chi connectivity index (χ2v) is 8.88. The highest BCUT2D eigenvalue weighted by Crippen LogP contribution is 2.39. The smallest absolute Gasteiger partial charge is 0.291 e. The SMILES string of the molecule is Cc1nc2sc3c(c2c2nc(C(=O)NCCN(C)C)nn12)CC(C)(C)OC3. The Balaban J connectivity index is 1.78. The minimum absolute atomic E-state index is 0.178. The first-order chi connectivity index (χ1) is 12.7. The van der Waals surface area contributed by atoms with Gasteiger partial charge < -0.3 is 15.0 Å². The Morgan fingerprint density at radius 3 is 2.89 bits per heavy atom. The number of carbonyl (C=O) groups excluding carboxylic acids is 1. The molecule has 0 saturated heterocycles. The van der Waals surface area contributed by atoms with Gasteiger partial charge >= 0.3 is 0 Å². The number of thiophene rings is 1. The summed E-state index contributed by atoms with van der Waals surface area (Å²) in [4.78, 5) is 25.9. The predicted molar refractivity (Wildman–Crippen MR) is 104 cm³/mol. The van der Waals surface area contributed by atoms with Crippen LogP contribution in [0.15, 0.2) is 0 Å². The zero-order valence-electron chi connectivity index (χ0n) is 16.3. The molecule has 0 spiro atoms. The number of likely N-dealkylation sites (N-methyl/N-ethyl adjacent to an activating group) is 1. The van der Waals surface area contributed by atoms with Crippen molar-refractivity contribution in [3.05, 3.63) is 22.1 Å². The van der Waals surface area contributed by atoms with Crippen molar-refractivity contribution in [2.45, 2.75) is 39.4 Å². The largest absolute Gasteiger partial charge is 0.370 e. The summed E-state index contributed by atoms with van der Waals surface area (Å²) in [5, 5.41) is 8.28. The van der Waals surface area contributed by atoms with Gasteiger partial charge in [-0.1, -0.05) is 0 Å². The Labute approximate surface area is 161 Å². The first kappa shape index (κ1) is 18.3. The van der Waals surface area contributed by atoms with E-state index < -0.39 is 0 Å². The van der Waals surface area contributed by atoms with Crippen LogP contribution >= 0.6 is 11.3 Å². The maximum Gasteiger partial charge on any atom is 0.291 e. The maximum atomic E-state index is 12.5. The van der Waals surface area contributed by atoms with Gasteiger partial charge in [-0.2, -0.15) is 4.52 Å². The zero-order valence-corrected chi connectivity index (χ0v) is 17.1. The summed E-state index contributed by atoms with van der Waals surface area (Å²) in [6.07, 6.45) is 0.792. The number of hydrogen-bond donors (Lipinski definition) is 1. The van der Waals surface area contributed by atoms with Gasteiger partial charge in [0, 0.05) is 24.4 Å². The van der Waals surface area contributed by atoms with Crippen LogP contribution < -0.4 is 5.32 Å². The van der Waals surface area contributed by atoms with E-state index in [2.05, 4.69) is 29.2 Å². The van der Waals surface area contributed by atoms with Crippen LogP contribution in [0, 0.1) is 6.92 Å². The van der Waals surface area contributed by atoms with Crippen LogP contribution in [-0.2, 0) is 17.8 Å². The van der Waals surface area contributed by atoms with E-state index in [9.17, 15) is 4.79 Å². The number of fused-ring (bicyclic) bond motifs is 5. The van der Waals surface area contributed by atoms with E-state index in [1.54, 1.807) is 15.9 Å². The molecule has 1 aliphatic heterocycles. The van der Waals surface area contributed by atoms with Crippen molar-refractivity contribution in [1.82, 2.24) is 29.8 Å². The third-order valence-electron chi connectivity index (χ3n) is 4.72. The molecular formula is C18H24N6O2S. The first-order valence-electron chi connectivity index (χ1n) is 9.00. The van der Waals surface area contributed by atoms with E-state index in [1.165, 1.54) is 10.4 Å². The highest BCUT2D eigenvalue weighted by molar-refractivity contribution is 7.19. The summed E-state index contributed by atoms with van der Waals surface area (Å²) in [6.45, 7) is 7.95. The molecular weight excluding hydrogens is 364 g/mol. The van der Waals surface area contributed by atoms with Gasteiger partial charge in [-0.05, 0) is 40.4 Å². The van der Waals surface area contributed by atoms with Crippen LogP contribution in [-0.4, -0.2) is 63.2 Å². The lowest BCUT2D eigenvalue weighted by molar-refractivity contribution is -0.0379. The molecule has 4 heterocycles. The second-order valence-electron chi connectivity index (χ2n) is 7.80. The molecule has 0 unspecified atom stereocenters. The lowest BCUT2D eigenvalue weighted by Gasteiger charge is -2.30. The molecule has 0 aliphatic carbocycles. The van der Waals surface area contributed by atoms with E-state index in [-0.39, 0.29) is 17.3 Å². The van der Waals surface area contributed by atoms with Crippen LogP contribution in [0.3, 0.4) is 0 Å². The molecule has 0 aromatic carbocycles. The number of amides is 1. The topological polar surface area (TPSA) is 84.7 Å². The molecule has 27 heavy (non-hydrogen) atoms. The van der Waals surface area contributed by atoms with Gasteiger partial charge in [0.05, 0.1) is 17.6 Å². The van der Waals surface area contributed by atoms with Crippen LogP contribution in [0.5, 0.6) is 0 Å². The van der Waals surface area contributed by atoms with Gasteiger partial charge in [-0.3, -0.25) is 4.79 Å². The van der Waals surface area contributed by atoms with Crippen molar-refractivity contribution in [3.63, 3.8) is 0 Å². The Bertz CT molecular complexity index is 1040. The number of hydrogen-bond acceptors (Lipinski definition) is 7. The third kappa shape index (κ3) is 3.30. The summed E-state index contributed by atoms with van der Waals surface area (Å²) in [5.74, 6) is 0.634. The van der Waals surface area contributed by atoms with Crippen molar-refractivity contribution < 1.29 is 9.53 Å². The van der Waals surface area contributed by atoms with Gasteiger partial charge in [-0.15, -0.1) is 16.4 Å². The number of nitrogens with zero attached hydrogens (tertiary/aromatic N) is 5. The summed E-state index contributed by atoms with van der Waals surface area (Å²) in [5.41, 5.74) is 1.69. The zero-order chi connectivity index (χ0) is 19.3. The highest BCUT2D eigenvalue weighted by atomic mass is 32.1. The van der Waals surface area contributed by atoms with Crippen LogP contribution in [0.1, 0.15) is 40.7 Å². The number of ether oxygens (including phenoxy) is 1. The number of carbonyl (C=O) groups is 1. The predicted octanol–water partition coefficient (Wildman–Crippen LogP) is 1.79. The number of nitrogens with one attached hydrogen (secondary N) is 1. The molecule has 3 aromatic heterocycles. The number of aryl methyl sites for hydroxylation is 1. The molecule has 1 N–H and O–H groups in total. The molecule has 0 fully saturated rings. The van der Waals surface area contributed by atoms with Crippen molar-refractivity contribution in [3.8, 4) is 0 Å². The van der Waals surface area contributed by atoms with Crippen LogP contribution in [0.2, 0.25) is 0 Å². The number of aromatic nitrogens is 4. The molecule has 0 radical (unpaired) electrons. The lowest BCUT2D eigenvalue weighted by Crippen LogP contribution is -2.32. The Hall–Kier alpha value is -2.10. The van der Waals surface area contributed by atoms with Gasteiger partial charge in [0.15, 0.2) is 5.65 Å². The molecule has 8 nitrogen and oxygen atoms in total. The van der Waals surface area contributed by atoms with Crippen LogP contribution in [0.25, 0.3) is 15.9 Å². The van der Waals surface area contributed by atoms with Crippen molar-refractivity contribution in [1.29, 1.82) is 0 Å². The van der Waals surface area contributed by atoms with E-state index in [4.69, 9.17) is 9.72 Å². The monoisotopic (exact) mass is 388 g/mol. The van der Waals surface area contributed by atoms with Crippen LogP contribution in [0.4, 0.5) is 0 Å². The quantitative estimate of drug-likeness (QED) is 0.734. The molecule has 0 atom stereocenters. The Morgan fingerprint density at radius 2 is 2.15 bits per heavy atom.